The topological polar surface area (TPSA) is 46.0 Å². The number of aromatic nitrogens is 1. The number of aromatic amines is 1. The summed E-state index contributed by atoms with van der Waals surface area (Å²) in [6.45, 7) is 4.11. The molecule has 10 heavy (non-hydrogen) atoms. The summed E-state index contributed by atoms with van der Waals surface area (Å²) in [6.07, 6.45) is 1.01. The minimum absolute atomic E-state index is 0.296. The Morgan fingerprint density at radius 1 is 1.80 bits per heavy atom. The lowest BCUT2D eigenvalue weighted by Gasteiger charge is -2.00. The molecule has 3 heteroatoms. The summed E-state index contributed by atoms with van der Waals surface area (Å²) in [4.78, 5) is 10.5. The number of rotatable bonds is 2. The van der Waals surface area contributed by atoms with Crippen molar-refractivity contribution in [3.63, 3.8) is 0 Å². The van der Waals surface area contributed by atoms with Gasteiger partial charge < -0.3 is 4.52 Å². The van der Waals surface area contributed by atoms with Crippen molar-refractivity contribution in [2.75, 3.05) is 0 Å². The third-order valence-electron chi connectivity index (χ3n) is 1.69. The van der Waals surface area contributed by atoms with Crippen LogP contribution >= 0.6 is 0 Å². The fourth-order valence-electron chi connectivity index (χ4n) is 0.758. The summed E-state index contributed by atoms with van der Waals surface area (Å²) in [7, 11) is 0. The van der Waals surface area contributed by atoms with Gasteiger partial charge in [-0.15, -0.1) is 0 Å². The average Bonchev–Trinajstić information content (AvgIpc) is 2.34. The van der Waals surface area contributed by atoms with E-state index in [1.165, 1.54) is 6.07 Å². The van der Waals surface area contributed by atoms with Crippen molar-refractivity contribution >= 4 is 0 Å². The van der Waals surface area contributed by atoms with E-state index in [2.05, 4.69) is 16.6 Å². The summed E-state index contributed by atoms with van der Waals surface area (Å²) in [5.74, 6) is 0.381. The van der Waals surface area contributed by atoms with Gasteiger partial charge in [0, 0.05) is 6.07 Å². The summed E-state index contributed by atoms with van der Waals surface area (Å²) >= 11 is 0. The van der Waals surface area contributed by atoms with E-state index in [9.17, 15) is 4.79 Å². The second-order valence-electron chi connectivity index (χ2n) is 2.43. The highest BCUT2D eigenvalue weighted by atomic mass is 16.5. The smallest absolute Gasteiger partial charge is 0.339 e. The van der Waals surface area contributed by atoms with E-state index in [-0.39, 0.29) is 5.63 Å². The van der Waals surface area contributed by atoms with Crippen LogP contribution in [0.1, 0.15) is 31.9 Å². The summed E-state index contributed by atoms with van der Waals surface area (Å²) in [5, 5.41) is 2.57. The fraction of sp³-hybridized carbons (Fsp3) is 0.571. The Balaban J connectivity index is 2.84. The van der Waals surface area contributed by atoms with Crippen LogP contribution in [0.5, 0.6) is 0 Å². The van der Waals surface area contributed by atoms with Gasteiger partial charge in [-0.1, -0.05) is 13.8 Å². The molecule has 1 rings (SSSR count). The minimum Gasteiger partial charge on any atom is -0.339 e. The van der Waals surface area contributed by atoms with Crippen LogP contribution in [-0.2, 0) is 0 Å². The van der Waals surface area contributed by atoms with Gasteiger partial charge in [0.05, 0.1) is 5.69 Å². The quantitative estimate of drug-likeness (QED) is 0.678. The molecule has 0 amide bonds. The van der Waals surface area contributed by atoms with Crippen molar-refractivity contribution in [3.05, 3.63) is 22.2 Å². The molecule has 56 valence electrons. The Hall–Kier alpha value is -0.990. The zero-order chi connectivity index (χ0) is 7.56. The molecule has 1 heterocycles. The SMILES string of the molecule is CCC(C)c1cc(=O)o[nH]1. The Kier molecular flexibility index (Phi) is 1.94. The monoisotopic (exact) mass is 141 g/mol. The first kappa shape index (κ1) is 7.12. The lowest BCUT2D eigenvalue weighted by atomic mass is 10.1. The highest BCUT2D eigenvalue weighted by molar-refractivity contribution is 5.01. The molecule has 0 radical (unpaired) electrons. The molecule has 0 fully saturated rings. The molecule has 0 bridgehead atoms. The van der Waals surface area contributed by atoms with Crippen molar-refractivity contribution in [1.82, 2.24) is 5.16 Å². The Morgan fingerprint density at radius 2 is 2.50 bits per heavy atom. The Bertz CT molecular complexity index is 248. The van der Waals surface area contributed by atoms with Crippen molar-refractivity contribution in [1.29, 1.82) is 0 Å². The molecule has 1 N–H and O–H groups in total. The lowest BCUT2D eigenvalue weighted by Crippen LogP contribution is -1.91. The van der Waals surface area contributed by atoms with Gasteiger partial charge in [-0.3, -0.25) is 0 Å². The molecule has 1 aromatic rings. The summed E-state index contributed by atoms with van der Waals surface area (Å²) < 4.78 is 4.51. The molecule has 0 saturated carbocycles. The molecular weight excluding hydrogens is 130 g/mol. The molecule has 1 atom stereocenters. The molecule has 0 aliphatic carbocycles. The minimum atomic E-state index is -0.296. The van der Waals surface area contributed by atoms with Crippen LogP contribution in [0, 0.1) is 0 Å². The summed E-state index contributed by atoms with van der Waals surface area (Å²) in [5.41, 5.74) is 0.586. The molecule has 0 saturated heterocycles. The highest BCUT2D eigenvalue weighted by Gasteiger charge is 2.05. The van der Waals surface area contributed by atoms with Crippen LogP contribution in [0.15, 0.2) is 15.4 Å². The van der Waals surface area contributed by atoms with Gasteiger partial charge in [0.1, 0.15) is 0 Å². The molecular formula is C7H11NO2. The van der Waals surface area contributed by atoms with Gasteiger partial charge in [-0.05, 0) is 12.3 Å². The van der Waals surface area contributed by atoms with Crippen LogP contribution in [0.25, 0.3) is 0 Å². The molecule has 1 unspecified atom stereocenters. The maximum atomic E-state index is 10.5. The number of H-pyrrole nitrogens is 1. The van der Waals surface area contributed by atoms with Gasteiger partial charge in [0.15, 0.2) is 0 Å². The maximum absolute atomic E-state index is 10.5. The van der Waals surface area contributed by atoms with E-state index in [4.69, 9.17) is 0 Å². The highest BCUT2D eigenvalue weighted by Crippen LogP contribution is 2.13. The Morgan fingerprint density at radius 3 is 2.90 bits per heavy atom. The van der Waals surface area contributed by atoms with E-state index < -0.39 is 0 Å². The number of hydrogen-bond acceptors (Lipinski definition) is 2. The molecule has 1 aromatic heterocycles. The van der Waals surface area contributed by atoms with Crippen molar-refractivity contribution in [2.45, 2.75) is 26.2 Å². The van der Waals surface area contributed by atoms with Crippen LogP contribution < -0.4 is 5.63 Å². The van der Waals surface area contributed by atoms with Crippen LogP contribution in [-0.4, -0.2) is 5.16 Å². The van der Waals surface area contributed by atoms with Gasteiger partial charge in [-0.2, -0.15) is 0 Å². The normalized spacial score (nSPS) is 13.4. The summed E-state index contributed by atoms with van der Waals surface area (Å²) in [6, 6.07) is 1.49. The van der Waals surface area contributed by atoms with Gasteiger partial charge in [0.2, 0.25) is 0 Å². The third-order valence-corrected chi connectivity index (χ3v) is 1.69. The van der Waals surface area contributed by atoms with Gasteiger partial charge >= 0.3 is 5.63 Å². The van der Waals surface area contributed by atoms with Crippen molar-refractivity contribution < 1.29 is 4.52 Å². The molecule has 0 spiro atoms. The first-order chi connectivity index (χ1) is 4.74. The van der Waals surface area contributed by atoms with Crippen molar-refractivity contribution in [2.24, 2.45) is 0 Å². The zero-order valence-corrected chi connectivity index (χ0v) is 6.18. The van der Waals surface area contributed by atoms with Crippen LogP contribution in [0.2, 0.25) is 0 Å². The predicted octanol–water partition coefficient (Wildman–Crippen LogP) is 1.48. The van der Waals surface area contributed by atoms with E-state index in [0.717, 1.165) is 12.1 Å². The molecule has 0 aromatic carbocycles. The van der Waals surface area contributed by atoms with Gasteiger partial charge in [-0.25, -0.2) is 9.95 Å². The van der Waals surface area contributed by atoms with E-state index >= 15 is 0 Å². The van der Waals surface area contributed by atoms with E-state index in [1.54, 1.807) is 0 Å². The number of hydrogen-bond donors (Lipinski definition) is 1. The lowest BCUT2D eigenvalue weighted by molar-refractivity contribution is 0.380. The van der Waals surface area contributed by atoms with Crippen LogP contribution in [0.4, 0.5) is 0 Å². The molecule has 0 aliphatic heterocycles. The second kappa shape index (κ2) is 2.73. The Labute approximate surface area is 59.0 Å². The zero-order valence-electron chi connectivity index (χ0n) is 6.18. The van der Waals surface area contributed by atoms with Crippen LogP contribution in [0.3, 0.4) is 0 Å². The van der Waals surface area contributed by atoms with E-state index in [1.807, 2.05) is 6.92 Å². The van der Waals surface area contributed by atoms with Gasteiger partial charge in [0.25, 0.3) is 0 Å². The maximum Gasteiger partial charge on any atom is 0.357 e. The third kappa shape index (κ3) is 1.29. The molecule has 0 aliphatic rings. The largest absolute Gasteiger partial charge is 0.357 e. The average molecular weight is 141 g/mol. The standard InChI is InChI=1S/C7H11NO2/c1-3-5(2)6-4-7(9)10-8-6/h4-5,8H,3H2,1-2H3. The first-order valence-corrected chi connectivity index (χ1v) is 3.42. The second-order valence-corrected chi connectivity index (χ2v) is 2.43. The number of nitrogens with one attached hydrogen (secondary N) is 1. The fourth-order valence-corrected chi connectivity index (χ4v) is 0.758. The first-order valence-electron chi connectivity index (χ1n) is 3.42. The van der Waals surface area contributed by atoms with Crippen molar-refractivity contribution in [3.8, 4) is 0 Å². The van der Waals surface area contributed by atoms with E-state index in [0.29, 0.717) is 5.92 Å². The molecule has 3 nitrogen and oxygen atoms in total. The predicted molar refractivity (Wildman–Crippen MR) is 38.0 cm³/mol.